The maximum Gasteiger partial charge on any atom is 0.214 e. The van der Waals surface area contributed by atoms with Crippen molar-refractivity contribution < 1.29 is 9.84 Å². The van der Waals surface area contributed by atoms with Gasteiger partial charge in [0, 0.05) is 0 Å². The van der Waals surface area contributed by atoms with Crippen LogP contribution in [0.15, 0.2) is 17.5 Å². The fourth-order valence-corrected chi connectivity index (χ4v) is 2.39. The van der Waals surface area contributed by atoms with Gasteiger partial charge in [-0.15, -0.1) is 21.5 Å². The van der Waals surface area contributed by atoms with Gasteiger partial charge in [0.15, 0.2) is 0 Å². The van der Waals surface area contributed by atoms with Crippen LogP contribution in [0.4, 0.5) is 0 Å². The van der Waals surface area contributed by atoms with E-state index >= 15 is 0 Å². The molecule has 0 radical (unpaired) electrons. The van der Waals surface area contributed by atoms with Crippen LogP contribution < -0.4 is 0 Å². The summed E-state index contributed by atoms with van der Waals surface area (Å²) in [5.74, 6) is 0.633. The molecule has 3 rings (SSSR count). The van der Waals surface area contributed by atoms with Crippen molar-refractivity contribution in [3.8, 4) is 10.7 Å². The first-order valence-corrected chi connectivity index (χ1v) is 6.20. The third-order valence-corrected chi connectivity index (χ3v) is 3.69. The van der Waals surface area contributed by atoms with Crippen LogP contribution in [-0.2, 0) is 11.3 Å². The number of rotatable bonds is 4. The van der Waals surface area contributed by atoms with E-state index in [-0.39, 0.29) is 12.0 Å². The summed E-state index contributed by atoms with van der Waals surface area (Å²) in [4.78, 5) is 2.53. The normalized spacial score (nSPS) is 17.9. The molecule has 0 aliphatic carbocycles. The summed E-state index contributed by atoms with van der Waals surface area (Å²) in [6, 6.07) is 3.91. The summed E-state index contributed by atoms with van der Waals surface area (Å²) in [5.41, 5.74) is -0.229. The number of hydrogen-bond acceptors (Lipinski definition) is 6. The molecule has 0 unspecified atom stereocenters. The van der Waals surface area contributed by atoms with Gasteiger partial charge >= 0.3 is 0 Å². The quantitative estimate of drug-likeness (QED) is 0.853. The van der Waals surface area contributed by atoms with Crippen molar-refractivity contribution in [3.05, 3.63) is 17.5 Å². The van der Waals surface area contributed by atoms with Gasteiger partial charge in [-0.1, -0.05) is 6.07 Å². The highest BCUT2D eigenvalue weighted by Gasteiger charge is 2.39. The zero-order valence-corrected chi connectivity index (χ0v) is 9.93. The van der Waals surface area contributed by atoms with Gasteiger partial charge in [0.25, 0.3) is 0 Å². The molecule has 1 fully saturated rings. The zero-order chi connectivity index (χ0) is 11.7. The number of aromatic nitrogens is 4. The highest BCUT2D eigenvalue weighted by atomic mass is 32.1. The van der Waals surface area contributed by atoms with E-state index in [2.05, 4.69) is 15.4 Å². The minimum absolute atomic E-state index is 0.0862. The molecule has 0 amide bonds. The molecule has 1 saturated heterocycles. The fraction of sp³-hybridized carbons (Fsp3) is 0.500. The summed E-state index contributed by atoms with van der Waals surface area (Å²) in [5, 5.41) is 23.6. The minimum Gasteiger partial charge on any atom is -0.396 e. The minimum atomic E-state index is -0.229. The van der Waals surface area contributed by atoms with E-state index in [9.17, 15) is 5.11 Å². The van der Waals surface area contributed by atoms with E-state index in [0.29, 0.717) is 25.6 Å². The highest BCUT2D eigenvalue weighted by Crippen LogP contribution is 2.28. The molecule has 1 N–H and O–H groups in total. The molecule has 0 atom stereocenters. The van der Waals surface area contributed by atoms with Crippen LogP contribution in [0, 0.1) is 5.41 Å². The fourth-order valence-electron chi connectivity index (χ4n) is 1.74. The summed E-state index contributed by atoms with van der Waals surface area (Å²) in [7, 11) is 0. The molecule has 1 aliphatic heterocycles. The molecule has 3 heterocycles. The van der Waals surface area contributed by atoms with Gasteiger partial charge in [0.05, 0.1) is 36.7 Å². The van der Waals surface area contributed by atoms with E-state index in [1.807, 2.05) is 17.5 Å². The van der Waals surface area contributed by atoms with Crippen LogP contribution in [0.2, 0.25) is 0 Å². The van der Waals surface area contributed by atoms with Crippen LogP contribution >= 0.6 is 11.3 Å². The van der Waals surface area contributed by atoms with Crippen molar-refractivity contribution in [3.63, 3.8) is 0 Å². The van der Waals surface area contributed by atoms with Crippen molar-refractivity contribution in [2.45, 2.75) is 6.54 Å². The average molecular weight is 252 g/mol. The van der Waals surface area contributed by atoms with Crippen LogP contribution in [-0.4, -0.2) is 45.1 Å². The topological polar surface area (TPSA) is 73.1 Å². The smallest absolute Gasteiger partial charge is 0.214 e. The summed E-state index contributed by atoms with van der Waals surface area (Å²) in [6.07, 6.45) is 0. The molecule has 0 spiro atoms. The number of ether oxygens (including phenoxy) is 1. The Labute approximate surface area is 102 Å². The van der Waals surface area contributed by atoms with Gasteiger partial charge in [0.2, 0.25) is 5.82 Å². The van der Waals surface area contributed by atoms with Crippen LogP contribution in [0.25, 0.3) is 10.7 Å². The zero-order valence-electron chi connectivity index (χ0n) is 9.11. The molecule has 0 saturated carbocycles. The number of thiophene rings is 1. The standard InChI is InChI=1S/C10H12N4O2S/c15-5-10(6-16-7-10)4-14-12-9(11-13-14)8-2-1-3-17-8/h1-3,15H,4-7H2. The van der Waals surface area contributed by atoms with Crippen LogP contribution in [0.3, 0.4) is 0 Å². The number of aliphatic hydroxyl groups is 1. The lowest BCUT2D eigenvalue weighted by Crippen LogP contribution is -2.49. The van der Waals surface area contributed by atoms with Gasteiger partial charge in [-0.3, -0.25) is 0 Å². The second-order valence-electron chi connectivity index (χ2n) is 4.27. The van der Waals surface area contributed by atoms with Crippen LogP contribution in [0.5, 0.6) is 0 Å². The number of tetrazole rings is 1. The predicted octanol–water partition coefficient (Wildman–Crippen LogP) is 0.410. The van der Waals surface area contributed by atoms with Gasteiger partial charge in [-0.2, -0.15) is 4.80 Å². The van der Waals surface area contributed by atoms with E-state index in [0.717, 1.165) is 4.88 Å². The van der Waals surface area contributed by atoms with E-state index in [1.54, 1.807) is 11.3 Å². The number of aliphatic hydroxyl groups excluding tert-OH is 1. The molecule has 0 aromatic carbocycles. The molecule has 2 aromatic rings. The van der Waals surface area contributed by atoms with Crippen molar-refractivity contribution in [1.82, 2.24) is 20.2 Å². The third kappa shape index (κ3) is 1.97. The largest absolute Gasteiger partial charge is 0.396 e. The lowest BCUT2D eigenvalue weighted by atomic mass is 9.87. The Hall–Kier alpha value is -1.31. The molecule has 1 aliphatic rings. The Balaban J connectivity index is 1.77. The van der Waals surface area contributed by atoms with Gasteiger partial charge in [-0.25, -0.2) is 0 Å². The first-order chi connectivity index (χ1) is 8.31. The number of hydrogen-bond donors (Lipinski definition) is 1. The molecule has 7 heteroatoms. The first kappa shape index (κ1) is 10.8. The monoisotopic (exact) mass is 252 g/mol. The van der Waals surface area contributed by atoms with Crippen molar-refractivity contribution >= 4 is 11.3 Å². The van der Waals surface area contributed by atoms with Gasteiger partial charge in [0.1, 0.15) is 0 Å². The molecule has 0 bridgehead atoms. The Morgan fingerprint density at radius 1 is 1.53 bits per heavy atom. The lowest BCUT2D eigenvalue weighted by molar-refractivity contribution is -0.147. The molecule has 6 nitrogen and oxygen atoms in total. The summed E-state index contributed by atoms with van der Waals surface area (Å²) < 4.78 is 5.13. The summed E-state index contributed by atoms with van der Waals surface area (Å²) >= 11 is 1.58. The van der Waals surface area contributed by atoms with Gasteiger partial charge < -0.3 is 9.84 Å². The van der Waals surface area contributed by atoms with Crippen molar-refractivity contribution in [1.29, 1.82) is 0 Å². The van der Waals surface area contributed by atoms with Crippen molar-refractivity contribution in [2.75, 3.05) is 19.8 Å². The second kappa shape index (κ2) is 4.17. The maximum atomic E-state index is 9.32. The summed E-state index contributed by atoms with van der Waals surface area (Å²) in [6.45, 7) is 1.74. The average Bonchev–Trinajstić information content (AvgIpc) is 2.94. The first-order valence-electron chi connectivity index (χ1n) is 5.32. The Kier molecular flexibility index (Phi) is 2.65. The SMILES string of the molecule is OCC1(Cn2nnc(-c3cccs3)n2)COC1. The molecular weight excluding hydrogens is 240 g/mol. The molecule has 90 valence electrons. The predicted molar refractivity (Wildman–Crippen MR) is 61.5 cm³/mol. The van der Waals surface area contributed by atoms with E-state index in [1.165, 1.54) is 4.80 Å². The van der Waals surface area contributed by atoms with Crippen LogP contribution in [0.1, 0.15) is 0 Å². The van der Waals surface area contributed by atoms with Gasteiger partial charge in [-0.05, 0) is 16.7 Å². The lowest BCUT2D eigenvalue weighted by Gasteiger charge is -2.38. The molecule has 2 aromatic heterocycles. The molecule has 17 heavy (non-hydrogen) atoms. The van der Waals surface area contributed by atoms with E-state index in [4.69, 9.17) is 4.74 Å². The Morgan fingerprint density at radius 2 is 2.41 bits per heavy atom. The third-order valence-electron chi connectivity index (χ3n) is 2.82. The van der Waals surface area contributed by atoms with E-state index < -0.39 is 0 Å². The Morgan fingerprint density at radius 3 is 3.00 bits per heavy atom. The maximum absolute atomic E-state index is 9.32. The Bertz CT molecular complexity index is 487. The molecular formula is C10H12N4O2S. The highest BCUT2D eigenvalue weighted by molar-refractivity contribution is 7.13. The van der Waals surface area contributed by atoms with Crippen molar-refractivity contribution in [2.24, 2.45) is 5.41 Å². The number of nitrogens with zero attached hydrogens (tertiary/aromatic N) is 4. The second-order valence-corrected chi connectivity index (χ2v) is 5.22.